The molecule has 2 aromatic rings. The van der Waals surface area contributed by atoms with Crippen LogP contribution in [0.3, 0.4) is 0 Å². The molecule has 0 bridgehead atoms. The van der Waals surface area contributed by atoms with E-state index in [-0.39, 0.29) is 11.7 Å². The van der Waals surface area contributed by atoms with Gasteiger partial charge in [0.2, 0.25) is 5.91 Å². The zero-order valence-electron chi connectivity index (χ0n) is 14.4. The molecular formula is C19H23FN4O. The minimum absolute atomic E-state index is 0.0665. The fraction of sp³-hybridized carbons (Fsp3) is 0.368. The second kappa shape index (κ2) is 8.18. The minimum atomic E-state index is -0.307. The Morgan fingerprint density at radius 2 is 1.80 bits per heavy atom. The molecule has 5 nitrogen and oxygen atoms in total. The van der Waals surface area contributed by atoms with E-state index in [4.69, 9.17) is 0 Å². The summed E-state index contributed by atoms with van der Waals surface area (Å²) in [6.45, 7) is 6.86. The molecule has 0 spiro atoms. The molecule has 1 amide bonds. The number of piperazine rings is 1. The van der Waals surface area contributed by atoms with Crippen molar-refractivity contribution in [3.05, 3.63) is 59.7 Å². The normalized spacial score (nSPS) is 15.9. The van der Waals surface area contributed by atoms with E-state index in [9.17, 15) is 9.18 Å². The third-order valence-corrected chi connectivity index (χ3v) is 4.47. The molecule has 1 N–H and O–H groups in total. The van der Waals surface area contributed by atoms with Crippen LogP contribution in [0, 0.1) is 12.7 Å². The predicted octanol–water partition coefficient (Wildman–Crippen LogP) is 2.29. The number of benzene rings is 1. The van der Waals surface area contributed by atoms with Gasteiger partial charge in [0, 0.05) is 50.3 Å². The topological polar surface area (TPSA) is 48.5 Å². The van der Waals surface area contributed by atoms with Gasteiger partial charge in [-0.05, 0) is 42.8 Å². The van der Waals surface area contributed by atoms with Crippen LogP contribution in [0.2, 0.25) is 0 Å². The summed E-state index contributed by atoms with van der Waals surface area (Å²) in [5.41, 5.74) is 2.95. The molecule has 1 aliphatic rings. The van der Waals surface area contributed by atoms with Crippen LogP contribution in [0.15, 0.2) is 42.6 Å². The molecule has 0 aliphatic carbocycles. The van der Waals surface area contributed by atoms with Crippen LogP contribution in [0.4, 0.5) is 10.1 Å². The summed E-state index contributed by atoms with van der Waals surface area (Å²) in [4.78, 5) is 21.0. The van der Waals surface area contributed by atoms with Gasteiger partial charge >= 0.3 is 0 Å². The molecule has 1 aliphatic heterocycles. The third-order valence-electron chi connectivity index (χ3n) is 4.47. The highest BCUT2D eigenvalue weighted by atomic mass is 19.1. The van der Waals surface area contributed by atoms with Crippen LogP contribution < -0.4 is 5.32 Å². The molecule has 1 aromatic carbocycles. The molecule has 1 saturated heterocycles. The lowest BCUT2D eigenvalue weighted by molar-refractivity contribution is -0.117. The molecule has 0 atom stereocenters. The molecule has 0 unspecified atom stereocenters. The number of anilines is 1. The Kier molecular flexibility index (Phi) is 5.73. The maximum atomic E-state index is 12.9. The lowest BCUT2D eigenvalue weighted by Gasteiger charge is -2.34. The zero-order chi connectivity index (χ0) is 17.6. The fourth-order valence-corrected chi connectivity index (χ4v) is 2.97. The van der Waals surface area contributed by atoms with E-state index in [0.717, 1.165) is 38.4 Å². The number of nitrogens with one attached hydrogen (secondary N) is 1. The number of pyridine rings is 1. The van der Waals surface area contributed by atoms with Gasteiger partial charge in [-0.25, -0.2) is 4.39 Å². The maximum absolute atomic E-state index is 12.9. The van der Waals surface area contributed by atoms with Gasteiger partial charge in [0.1, 0.15) is 5.82 Å². The summed E-state index contributed by atoms with van der Waals surface area (Å²) < 4.78 is 12.9. The van der Waals surface area contributed by atoms with E-state index in [1.54, 1.807) is 12.1 Å². The predicted molar refractivity (Wildman–Crippen MR) is 95.7 cm³/mol. The highest BCUT2D eigenvalue weighted by molar-refractivity contribution is 5.92. The van der Waals surface area contributed by atoms with Gasteiger partial charge in [0.15, 0.2) is 0 Å². The quantitative estimate of drug-likeness (QED) is 0.906. The zero-order valence-corrected chi connectivity index (χ0v) is 14.4. The molecule has 3 rings (SSSR count). The molecule has 0 saturated carbocycles. The van der Waals surface area contributed by atoms with Crippen LogP contribution in [0.5, 0.6) is 0 Å². The number of carbonyl (C=O) groups is 1. The summed E-state index contributed by atoms with van der Waals surface area (Å²) in [5, 5.41) is 2.81. The Labute approximate surface area is 147 Å². The lowest BCUT2D eigenvalue weighted by Crippen LogP contribution is -2.48. The smallest absolute Gasteiger partial charge is 0.238 e. The number of nitrogens with zero attached hydrogens (tertiary/aromatic N) is 3. The van der Waals surface area contributed by atoms with E-state index in [0.29, 0.717) is 12.2 Å². The number of carbonyl (C=O) groups excluding carboxylic acids is 1. The summed E-state index contributed by atoms with van der Waals surface area (Å²) in [6.07, 6.45) is 1.82. The molecular weight excluding hydrogens is 319 g/mol. The summed E-state index contributed by atoms with van der Waals surface area (Å²) >= 11 is 0. The van der Waals surface area contributed by atoms with Crippen LogP contribution >= 0.6 is 0 Å². The number of aryl methyl sites for hydroxylation is 1. The summed E-state index contributed by atoms with van der Waals surface area (Å²) in [7, 11) is 0. The molecule has 6 heteroatoms. The Morgan fingerprint density at radius 1 is 1.12 bits per heavy atom. The Morgan fingerprint density at radius 3 is 2.48 bits per heavy atom. The summed E-state index contributed by atoms with van der Waals surface area (Å²) in [5.74, 6) is -0.374. The average Bonchev–Trinajstić information content (AvgIpc) is 2.61. The van der Waals surface area contributed by atoms with Crippen LogP contribution in [0.25, 0.3) is 0 Å². The highest BCUT2D eigenvalue weighted by Gasteiger charge is 2.19. The van der Waals surface area contributed by atoms with Crippen molar-refractivity contribution in [2.45, 2.75) is 13.5 Å². The van der Waals surface area contributed by atoms with Crippen molar-refractivity contribution in [1.82, 2.24) is 14.8 Å². The van der Waals surface area contributed by atoms with Gasteiger partial charge in [-0.3, -0.25) is 19.6 Å². The van der Waals surface area contributed by atoms with E-state index in [2.05, 4.69) is 26.2 Å². The number of aromatic nitrogens is 1. The van der Waals surface area contributed by atoms with E-state index >= 15 is 0 Å². The molecule has 2 heterocycles. The average molecular weight is 342 g/mol. The minimum Gasteiger partial charge on any atom is -0.325 e. The highest BCUT2D eigenvalue weighted by Crippen LogP contribution is 2.12. The van der Waals surface area contributed by atoms with Gasteiger partial charge in [0.25, 0.3) is 0 Å². The Hall–Kier alpha value is -2.31. The molecule has 1 aromatic heterocycles. The van der Waals surface area contributed by atoms with Crippen molar-refractivity contribution in [3.8, 4) is 0 Å². The van der Waals surface area contributed by atoms with Crippen molar-refractivity contribution < 1.29 is 9.18 Å². The first kappa shape index (κ1) is 17.5. The van der Waals surface area contributed by atoms with E-state index in [1.807, 2.05) is 19.2 Å². The molecule has 25 heavy (non-hydrogen) atoms. The maximum Gasteiger partial charge on any atom is 0.238 e. The van der Waals surface area contributed by atoms with Crippen LogP contribution in [0.1, 0.15) is 11.3 Å². The van der Waals surface area contributed by atoms with Gasteiger partial charge < -0.3 is 5.32 Å². The number of hydrogen-bond donors (Lipinski definition) is 1. The largest absolute Gasteiger partial charge is 0.325 e. The molecule has 1 fully saturated rings. The first-order valence-electron chi connectivity index (χ1n) is 8.51. The van der Waals surface area contributed by atoms with Crippen LogP contribution in [-0.2, 0) is 11.3 Å². The van der Waals surface area contributed by atoms with Crippen molar-refractivity contribution >= 4 is 11.6 Å². The monoisotopic (exact) mass is 342 g/mol. The number of halogens is 1. The van der Waals surface area contributed by atoms with Crippen molar-refractivity contribution in [2.75, 3.05) is 38.0 Å². The van der Waals surface area contributed by atoms with Gasteiger partial charge in [-0.2, -0.15) is 0 Å². The standard InChI is InChI=1S/C19H23FN4O/c1-15-16(3-2-8-21-15)13-23-9-11-24(12-10-23)14-19(25)22-18-6-4-17(20)5-7-18/h2-8H,9-14H2,1H3,(H,22,25). The second-order valence-corrected chi connectivity index (χ2v) is 6.36. The van der Waals surface area contributed by atoms with Gasteiger partial charge in [0.05, 0.1) is 6.54 Å². The van der Waals surface area contributed by atoms with E-state index in [1.165, 1.54) is 17.7 Å². The number of amides is 1. The van der Waals surface area contributed by atoms with Crippen molar-refractivity contribution in [3.63, 3.8) is 0 Å². The number of hydrogen-bond acceptors (Lipinski definition) is 4. The Bertz CT molecular complexity index is 712. The first-order chi connectivity index (χ1) is 12.1. The van der Waals surface area contributed by atoms with E-state index < -0.39 is 0 Å². The molecule has 132 valence electrons. The first-order valence-corrected chi connectivity index (χ1v) is 8.51. The second-order valence-electron chi connectivity index (χ2n) is 6.36. The SMILES string of the molecule is Cc1ncccc1CN1CCN(CC(=O)Nc2ccc(F)cc2)CC1. The summed E-state index contributed by atoms with van der Waals surface area (Å²) in [6, 6.07) is 9.91. The third kappa shape index (κ3) is 5.08. The van der Waals surface area contributed by atoms with Gasteiger partial charge in [-0.15, -0.1) is 0 Å². The van der Waals surface area contributed by atoms with Gasteiger partial charge in [-0.1, -0.05) is 6.07 Å². The Balaban J connectivity index is 1.43. The molecule has 0 radical (unpaired) electrons. The van der Waals surface area contributed by atoms with Crippen LogP contribution in [-0.4, -0.2) is 53.4 Å². The fourth-order valence-electron chi connectivity index (χ4n) is 2.97. The van der Waals surface area contributed by atoms with Crippen molar-refractivity contribution in [2.24, 2.45) is 0 Å². The van der Waals surface area contributed by atoms with Crippen molar-refractivity contribution in [1.29, 1.82) is 0 Å². The lowest BCUT2D eigenvalue weighted by atomic mass is 10.2. The number of rotatable bonds is 5.